The molecule has 21 heavy (non-hydrogen) atoms. The summed E-state index contributed by atoms with van der Waals surface area (Å²) in [5, 5.41) is 14.1. The number of urea groups is 1. The molecule has 0 spiro atoms. The Morgan fingerprint density at radius 2 is 2.10 bits per heavy atom. The maximum atomic E-state index is 11.5. The molecule has 0 bridgehead atoms. The molecule has 0 radical (unpaired) electrons. The van der Waals surface area contributed by atoms with Crippen molar-refractivity contribution in [3.8, 4) is 0 Å². The van der Waals surface area contributed by atoms with Crippen molar-refractivity contribution in [1.82, 2.24) is 10.6 Å². The minimum Gasteiger partial charge on any atom is -0.478 e. The summed E-state index contributed by atoms with van der Waals surface area (Å²) in [7, 11) is 0. The first-order chi connectivity index (χ1) is 9.90. The lowest BCUT2D eigenvalue weighted by atomic mass is 10.2. The minimum atomic E-state index is -1.05. The highest BCUT2D eigenvalue weighted by Crippen LogP contribution is 2.14. The minimum absolute atomic E-state index is 0.106. The predicted molar refractivity (Wildman–Crippen MR) is 76.3 cm³/mol. The van der Waals surface area contributed by atoms with Gasteiger partial charge in [0.05, 0.1) is 13.2 Å². The van der Waals surface area contributed by atoms with E-state index >= 15 is 0 Å². The van der Waals surface area contributed by atoms with Crippen molar-refractivity contribution in [3.05, 3.63) is 23.2 Å². The molecule has 1 heterocycles. The van der Waals surface area contributed by atoms with Crippen LogP contribution in [0.15, 0.2) is 10.5 Å². The average Bonchev–Trinajstić information content (AvgIpc) is 2.77. The van der Waals surface area contributed by atoms with Crippen molar-refractivity contribution >= 4 is 12.0 Å². The number of hydrogen-bond donors (Lipinski definition) is 3. The molecule has 1 aromatic heterocycles. The third kappa shape index (κ3) is 6.31. The Labute approximate surface area is 123 Å². The van der Waals surface area contributed by atoms with E-state index in [4.69, 9.17) is 14.3 Å². The van der Waals surface area contributed by atoms with Gasteiger partial charge in [0, 0.05) is 13.2 Å². The van der Waals surface area contributed by atoms with E-state index in [0.29, 0.717) is 37.2 Å². The third-order valence-corrected chi connectivity index (χ3v) is 2.61. The molecule has 0 fully saturated rings. The second-order valence-corrected chi connectivity index (χ2v) is 5.07. The summed E-state index contributed by atoms with van der Waals surface area (Å²) in [6.45, 7) is 7.33. The van der Waals surface area contributed by atoms with Gasteiger partial charge in [-0.2, -0.15) is 0 Å². The molecule has 2 amide bonds. The third-order valence-electron chi connectivity index (χ3n) is 2.61. The maximum absolute atomic E-state index is 11.5. The monoisotopic (exact) mass is 298 g/mol. The number of amides is 2. The summed E-state index contributed by atoms with van der Waals surface area (Å²) in [5.74, 6) is 0.136. The number of rotatable bonds is 8. The van der Waals surface area contributed by atoms with Crippen molar-refractivity contribution in [2.24, 2.45) is 5.92 Å². The topological polar surface area (TPSA) is 101 Å². The van der Waals surface area contributed by atoms with Crippen molar-refractivity contribution in [3.63, 3.8) is 0 Å². The second kappa shape index (κ2) is 8.31. The van der Waals surface area contributed by atoms with Gasteiger partial charge in [-0.15, -0.1) is 0 Å². The number of hydrogen-bond acceptors (Lipinski definition) is 4. The van der Waals surface area contributed by atoms with Gasteiger partial charge in [0.15, 0.2) is 0 Å². The Bertz CT molecular complexity index is 482. The summed E-state index contributed by atoms with van der Waals surface area (Å²) in [6, 6.07) is 1.05. The number of aryl methyl sites for hydroxylation is 1. The number of nitrogens with one attached hydrogen (secondary N) is 2. The first-order valence-electron chi connectivity index (χ1n) is 6.82. The normalized spacial score (nSPS) is 10.7. The van der Waals surface area contributed by atoms with Crippen LogP contribution >= 0.6 is 0 Å². The van der Waals surface area contributed by atoms with E-state index < -0.39 is 5.97 Å². The van der Waals surface area contributed by atoms with Gasteiger partial charge < -0.3 is 24.9 Å². The number of aromatic carboxylic acids is 1. The number of carboxylic acids is 1. The van der Waals surface area contributed by atoms with Gasteiger partial charge in [-0.25, -0.2) is 9.59 Å². The van der Waals surface area contributed by atoms with Crippen LogP contribution in [0.1, 0.15) is 35.7 Å². The van der Waals surface area contributed by atoms with Crippen molar-refractivity contribution < 1.29 is 23.8 Å². The van der Waals surface area contributed by atoms with E-state index in [1.165, 1.54) is 6.07 Å². The maximum Gasteiger partial charge on any atom is 0.339 e. The predicted octanol–water partition coefficient (Wildman–Crippen LogP) is 1.76. The standard InChI is InChI=1S/C14H22N2O5/c1-9(2)8-20-5-4-15-14(19)16-7-11-6-12(13(17)18)10(3)21-11/h6,9H,4-5,7-8H2,1-3H3,(H,17,18)(H2,15,16,19). The van der Waals surface area contributed by atoms with Gasteiger partial charge in [-0.1, -0.05) is 13.8 Å². The molecular formula is C14H22N2O5. The molecule has 118 valence electrons. The summed E-state index contributed by atoms with van der Waals surface area (Å²) in [4.78, 5) is 22.4. The fourth-order valence-corrected chi connectivity index (χ4v) is 1.63. The fraction of sp³-hybridized carbons (Fsp3) is 0.571. The Morgan fingerprint density at radius 1 is 1.38 bits per heavy atom. The molecule has 7 heteroatoms. The number of carbonyl (C=O) groups excluding carboxylic acids is 1. The molecule has 0 aliphatic rings. The lowest BCUT2D eigenvalue weighted by Gasteiger charge is -2.08. The molecule has 1 rings (SSSR count). The smallest absolute Gasteiger partial charge is 0.339 e. The van der Waals surface area contributed by atoms with Gasteiger partial charge >= 0.3 is 12.0 Å². The Kier molecular flexibility index (Phi) is 6.74. The van der Waals surface area contributed by atoms with E-state index in [1.807, 2.05) is 0 Å². The first kappa shape index (κ1) is 17.0. The molecule has 0 aliphatic carbocycles. The molecule has 7 nitrogen and oxygen atoms in total. The van der Waals surface area contributed by atoms with Crippen LogP contribution < -0.4 is 10.6 Å². The van der Waals surface area contributed by atoms with Crippen LogP contribution in [-0.4, -0.2) is 36.9 Å². The number of carboxylic acid groups (broad SMARTS) is 1. The van der Waals surface area contributed by atoms with Crippen molar-refractivity contribution in [2.45, 2.75) is 27.3 Å². The number of furan rings is 1. The molecule has 0 saturated carbocycles. The summed E-state index contributed by atoms with van der Waals surface area (Å²) in [6.07, 6.45) is 0. The van der Waals surface area contributed by atoms with Gasteiger partial charge in [-0.05, 0) is 18.9 Å². The zero-order valence-corrected chi connectivity index (χ0v) is 12.6. The van der Waals surface area contributed by atoms with Gasteiger partial charge in [0.2, 0.25) is 0 Å². The largest absolute Gasteiger partial charge is 0.478 e. The quantitative estimate of drug-likeness (QED) is 0.635. The summed E-state index contributed by atoms with van der Waals surface area (Å²) < 4.78 is 10.6. The van der Waals surface area contributed by atoms with Crippen LogP contribution in [0.2, 0.25) is 0 Å². The van der Waals surface area contributed by atoms with E-state index in [9.17, 15) is 9.59 Å². The second-order valence-electron chi connectivity index (χ2n) is 5.07. The van der Waals surface area contributed by atoms with E-state index in [0.717, 1.165) is 0 Å². The van der Waals surface area contributed by atoms with Crippen LogP contribution in [0.4, 0.5) is 4.79 Å². The fourth-order valence-electron chi connectivity index (χ4n) is 1.63. The van der Waals surface area contributed by atoms with Crippen LogP contribution in [0.3, 0.4) is 0 Å². The molecule has 0 saturated heterocycles. The van der Waals surface area contributed by atoms with Crippen LogP contribution in [0.5, 0.6) is 0 Å². The van der Waals surface area contributed by atoms with E-state index in [2.05, 4.69) is 24.5 Å². The van der Waals surface area contributed by atoms with Crippen molar-refractivity contribution in [1.29, 1.82) is 0 Å². The lowest BCUT2D eigenvalue weighted by molar-refractivity contribution is 0.0695. The Hall–Kier alpha value is -2.02. The van der Waals surface area contributed by atoms with Gasteiger partial charge in [0.1, 0.15) is 17.1 Å². The van der Waals surface area contributed by atoms with Crippen molar-refractivity contribution in [2.75, 3.05) is 19.8 Å². The number of ether oxygens (including phenoxy) is 1. The summed E-state index contributed by atoms with van der Waals surface area (Å²) >= 11 is 0. The zero-order chi connectivity index (χ0) is 15.8. The molecular weight excluding hydrogens is 276 g/mol. The van der Waals surface area contributed by atoms with Crippen LogP contribution in [0.25, 0.3) is 0 Å². The highest BCUT2D eigenvalue weighted by Gasteiger charge is 2.13. The molecule has 0 unspecified atom stereocenters. The molecule has 0 aliphatic heterocycles. The van der Waals surface area contributed by atoms with Crippen LogP contribution in [-0.2, 0) is 11.3 Å². The highest BCUT2D eigenvalue weighted by atomic mass is 16.5. The number of carbonyl (C=O) groups is 2. The molecule has 0 atom stereocenters. The highest BCUT2D eigenvalue weighted by molar-refractivity contribution is 5.88. The average molecular weight is 298 g/mol. The first-order valence-corrected chi connectivity index (χ1v) is 6.82. The Morgan fingerprint density at radius 3 is 2.67 bits per heavy atom. The molecule has 3 N–H and O–H groups in total. The molecule has 1 aromatic rings. The lowest BCUT2D eigenvalue weighted by Crippen LogP contribution is -2.36. The van der Waals surface area contributed by atoms with E-state index in [-0.39, 0.29) is 18.1 Å². The van der Waals surface area contributed by atoms with Crippen LogP contribution in [0, 0.1) is 12.8 Å². The van der Waals surface area contributed by atoms with E-state index in [1.54, 1.807) is 6.92 Å². The SMILES string of the molecule is Cc1oc(CNC(=O)NCCOCC(C)C)cc1C(=O)O. The molecule has 0 aromatic carbocycles. The van der Waals surface area contributed by atoms with Gasteiger partial charge in [-0.3, -0.25) is 0 Å². The van der Waals surface area contributed by atoms with Gasteiger partial charge in [0.25, 0.3) is 0 Å². The zero-order valence-electron chi connectivity index (χ0n) is 12.6. The Balaban J connectivity index is 2.24. The summed E-state index contributed by atoms with van der Waals surface area (Å²) in [5.41, 5.74) is 0.106.